The summed E-state index contributed by atoms with van der Waals surface area (Å²) in [5, 5.41) is 7.58. The third kappa shape index (κ3) is 4.86. The molecule has 10 heteroatoms. The number of alkyl halides is 2. The molecule has 3 aromatic carbocycles. The van der Waals surface area contributed by atoms with Gasteiger partial charge in [0.15, 0.2) is 0 Å². The van der Waals surface area contributed by atoms with Crippen LogP contribution in [0.5, 0.6) is 0 Å². The molecule has 2 unspecified atom stereocenters. The number of rotatable bonds is 7. The number of hydrogen-bond acceptors (Lipinski definition) is 3. The number of benzene rings is 3. The van der Waals surface area contributed by atoms with Crippen LogP contribution in [0.3, 0.4) is 0 Å². The maximum atomic E-state index is 12.8. The van der Waals surface area contributed by atoms with E-state index in [1.165, 1.54) is 0 Å². The Kier molecular flexibility index (Phi) is 7.31. The molecule has 2 atom stereocenters. The number of anilines is 2. The summed E-state index contributed by atoms with van der Waals surface area (Å²) in [6.07, 6.45) is 0.740. The standard InChI is InChI=1S/C24H16Cl6N2O2/c25-14-1-3-17(4-2-14)32-22(34)19-10-18(5-6-20(19)28)31-11-23(12-33)21(24(23,29)30)13-7-15(26)9-16(27)8-13/h1-10,12,21,31H,11H2,(H,32,34). The second-order valence-electron chi connectivity index (χ2n) is 7.93. The van der Waals surface area contributed by atoms with Crippen molar-refractivity contribution in [3.63, 3.8) is 0 Å². The van der Waals surface area contributed by atoms with E-state index in [1.54, 1.807) is 60.7 Å². The molecule has 0 bridgehead atoms. The molecule has 0 spiro atoms. The van der Waals surface area contributed by atoms with Crippen LogP contribution in [0.1, 0.15) is 21.8 Å². The lowest BCUT2D eigenvalue weighted by molar-refractivity contribution is -0.112. The molecule has 3 aromatic rings. The Hall–Kier alpha value is -1.66. The van der Waals surface area contributed by atoms with E-state index in [1.807, 2.05) is 0 Å². The predicted molar refractivity (Wildman–Crippen MR) is 141 cm³/mol. The summed E-state index contributed by atoms with van der Waals surface area (Å²) in [4.78, 5) is 24.9. The fourth-order valence-electron chi connectivity index (χ4n) is 3.92. The van der Waals surface area contributed by atoms with Gasteiger partial charge in [-0.25, -0.2) is 0 Å². The molecule has 34 heavy (non-hydrogen) atoms. The van der Waals surface area contributed by atoms with Crippen LogP contribution in [-0.2, 0) is 4.79 Å². The van der Waals surface area contributed by atoms with E-state index < -0.39 is 21.6 Å². The van der Waals surface area contributed by atoms with Crippen molar-refractivity contribution in [2.24, 2.45) is 5.41 Å². The highest BCUT2D eigenvalue weighted by molar-refractivity contribution is 6.54. The molecule has 1 saturated carbocycles. The predicted octanol–water partition coefficient (Wildman–Crippen LogP) is 8.12. The van der Waals surface area contributed by atoms with Crippen molar-refractivity contribution in [3.05, 3.63) is 91.9 Å². The van der Waals surface area contributed by atoms with Crippen molar-refractivity contribution >= 4 is 93.2 Å². The number of halogens is 6. The van der Waals surface area contributed by atoms with Crippen molar-refractivity contribution in [1.82, 2.24) is 0 Å². The molecule has 1 amide bonds. The molecule has 0 radical (unpaired) electrons. The maximum Gasteiger partial charge on any atom is 0.257 e. The molecular weight excluding hydrogens is 561 g/mol. The Morgan fingerprint density at radius 3 is 2.09 bits per heavy atom. The molecule has 0 heterocycles. The number of hydrogen-bond donors (Lipinski definition) is 2. The summed E-state index contributed by atoms with van der Waals surface area (Å²) in [5.74, 6) is -0.924. The summed E-state index contributed by atoms with van der Waals surface area (Å²) in [7, 11) is 0. The third-order valence-corrected chi connectivity index (χ3v) is 7.90. The zero-order chi connectivity index (χ0) is 24.7. The van der Waals surface area contributed by atoms with Crippen LogP contribution < -0.4 is 10.6 Å². The first kappa shape index (κ1) is 25.4. The van der Waals surface area contributed by atoms with Gasteiger partial charge in [0, 0.05) is 38.9 Å². The second kappa shape index (κ2) is 9.77. The van der Waals surface area contributed by atoms with Gasteiger partial charge in [-0.1, -0.05) is 69.6 Å². The second-order valence-corrected chi connectivity index (χ2v) is 11.0. The van der Waals surface area contributed by atoms with Crippen LogP contribution in [0, 0.1) is 5.41 Å². The monoisotopic (exact) mass is 574 g/mol. The molecule has 0 aromatic heterocycles. The lowest BCUT2D eigenvalue weighted by atomic mass is 10.00. The van der Waals surface area contributed by atoms with Crippen molar-refractivity contribution in [2.75, 3.05) is 17.2 Å². The van der Waals surface area contributed by atoms with E-state index in [0.29, 0.717) is 32.0 Å². The summed E-state index contributed by atoms with van der Waals surface area (Å²) in [6.45, 7) is 0.109. The molecule has 1 fully saturated rings. The first-order valence-electron chi connectivity index (χ1n) is 9.98. The van der Waals surface area contributed by atoms with Crippen molar-refractivity contribution in [1.29, 1.82) is 0 Å². The molecule has 0 saturated heterocycles. The summed E-state index contributed by atoms with van der Waals surface area (Å²) < 4.78 is -1.36. The average Bonchev–Trinajstić information content (AvgIpc) is 3.28. The molecule has 4 nitrogen and oxygen atoms in total. The first-order chi connectivity index (χ1) is 16.1. The van der Waals surface area contributed by atoms with Gasteiger partial charge >= 0.3 is 0 Å². The van der Waals surface area contributed by atoms with Gasteiger partial charge in [0.25, 0.3) is 5.91 Å². The van der Waals surface area contributed by atoms with E-state index in [2.05, 4.69) is 10.6 Å². The van der Waals surface area contributed by atoms with Crippen LogP contribution in [-0.4, -0.2) is 23.1 Å². The number of nitrogens with one attached hydrogen (secondary N) is 2. The quantitative estimate of drug-likeness (QED) is 0.220. The van der Waals surface area contributed by atoms with E-state index in [0.717, 1.165) is 6.29 Å². The van der Waals surface area contributed by atoms with Gasteiger partial charge in [-0.15, -0.1) is 0 Å². The SMILES string of the molecule is O=CC1(CNc2ccc(Cl)c(C(=O)Nc3ccc(Cl)cc3)c2)C(c2cc(Cl)cc(Cl)c2)C1(Cl)Cl. The fraction of sp³-hybridized carbons (Fsp3) is 0.167. The minimum atomic E-state index is -1.36. The van der Waals surface area contributed by atoms with Gasteiger partial charge in [-0.05, 0) is 66.2 Å². The molecule has 4 rings (SSSR count). The summed E-state index contributed by atoms with van der Waals surface area (Å²) in [5.41, 5.74) is 0.911. The van der Waals surface area contributed by atoms with E-state index in [-0.39, 0.29) is 17.1 Å². The van der Waals surface area contributed by atoms with Crippen LogP contribution in [0.2, 0.25) is 20.1 Å². The smallest absolute Gasteiger partial charge is 0.257 e. The van der Waals surface area contributed by atoms with E-state index in [9.17, 15) is 9.59 Å². The Morgan fingerprint density at radius 2 is 1.47 bits per heavy atom. The maximum absolute atomic E-state index is 12.8. The molecule has 0 aliphatic heterocycles. The summed E-state index contributed by atoms with van der Waals surface area (Å²) >= 11 is 37.5. The number of amides is 1. The van der Waals surface area contributed by atoms with Gasteiger partial charge < -0.3 is 15.4 Å². The Balaban J connectivity index is 1.53. The van der Waals surface area contributed by atoms with Gasteiger partial charge in [0.05, 0.1) is 16.0 Å². The molecule has 2 N–H and O–H groups in total. The van der Waals surface area contributed by atoms with Gasteiger partial charge in [0.2, 0.25) is 0 Å². The van der Waals surface area contributed by atoms with Gasteiger partial charge in [0.1, 0.15) is 10.6 Å². The van der Waals surface area contributed by atoms with E-state index in [4.69, 9.17) is 69.6 Å². The van der Waals surface area contributed by atoms with Gasteiger partial charge in [-0.3, -0.25) is 4.79 Å². The van der Waals surface area contributed by atoms with Crippen LogP contribution in [0.15, 0.2) is 60.7 Å². The zero-order valence-corrected chi connectivity index (χ0v) is 21.8. The minimum absolute atomic E-state index is 0.109. The lowest BCUT2D eigenvalue weighted by Gasteiger charge is -2.15. The van der Waals surface area contributed by atoms with Crippen molar-refractivity contribution in [2.45, 2.75) is 10.3 Å². The van der Waals surface area contributed by atoms with Gasteiger partial charge in [-0.2, -0.15) is 0 Å². The average molecular weight is 577 g/mol. The third-order valence-electron chi connectivity index (χ3n) is 5.74. The first-order valence-corrected chi connectivity index (χ1v) is 12.2. The fourth-order valence-corrected chi connectivity index (χ4v) is 5.77. The number of carbonyl (C=O) groups excluding carboxylic acids is 2. The van der Waals surface area contributed by atoms with Crippen molar-refractivity contribution in [3.8, 4) is 0 Å². The Bertz CT molecular complexity index is 1240. The largest absolute Gasteiger partial charge is 0.384 e. The highest BCUT2D eigenvalue weighted by Crippen LogP contribution is 2.73. The molecule has 1 aliphatic carbocycles. The van der Waals surface area contributed by atoms with Crippen LogP contribution >= 0.6 is 69.6 Å². The van der Waals surface area contributed by atoms with Crippen LogP contribution in [0.25, 0.3) is 0 Å². The topological polar surface area (TPSA) is 58.2 Å². The summed E-state index contributed by atoms with van der Waals surface area (Å²) in [6, 6.07) is 16.5. The lowest BCUT2D eigenvalue weighted by Crippen LogP contribution is -2.23. The molecular formula is C24H16Cl6N2O2. The number of carbonyl (C=O) groups is 2. The molecule has 176 valence electrons. The highest BCUT2D eigenvalue weighted by Gasteiger charge is 2.76. The molecule has 1 aliphatic rings. The van der Waals surface area contributed by atoms with Crippen LogP contribution in [0.4, 0.5) is 11.4 Å². The van der Waals surface area contributed by atoms with Crippen molar-refractivity contribution < 1.29 is 9.59 Å². The normalized spacial score (nSPS) is 20.5. The Morgan fingerprint density at radius 1 is 0.853 bits per heavy atom. The number of aldehydes is 1. The Labute approximate surface area is 226 Å². The zero-order valence-electron chi connectivity index (χ0n) is 17.2. The highest BCUT2D eigenvalue weighted by atomic mass is 35.5. The van der Waals surface area contributed by atoms with E-state index >= 15 is 0 Å². The minimum Gasteiger partial charge on any atom is -0.384 e.